The van der Waals surface area contributed by atoms with Crippen molar-refractivity contribution in [1.82, 2.24) is 0 Å². The standard InChI is InChI=1S/C12H7IO4/c13-10-8(12(16)17)4-3-6-1-2-7(11(14)15)5-9(6)10/h1-5H,(H,14,15)(H,16,17). The van der Waals surface area contributed by atoms with Gasteiger partial charge in [0.2, 0.25) is 0 Å². The first-order valence-electron chi connectivity index (χ1n) is 4.69. The average molecular weight is 342 g/mol. The minimum Gasteiger partial charge on any atom is -0.478 e. The van der Waals surface area contributed by atoms with Crippen molar-refractivity contribution in [1.29, 1.82) is 0 Å². The third kappa shape index (κ3) is 2.10. The van der Waals surface area contributed by atoms with E-state index in [0.717, 1.165) is 5.39 Å². The molecule has 5 heteroatoms. The Hall–Kier alpha value is -1.63. The van der Waals surface area contributed by atoms with E-state index in [1.165, 1.54) is 18.2 Å². The van der Waals surface area contributed by atoms with Crippen molar-refractivity contribution >= 4 is 45.3 Å². The number of hydrogen-bond acceptors (Lipinski definition) is 2. The van der Waals surface area contributed by atoms with Gasteiger partial charge < -0.3 is 10.2 Å². The molecule has 0 atom stereocenters. The SMILES string of the molecule is O=C(O)c1ccc2ccc(C(=O)O)c(I)c2c1. The second-order valence-corrected chi connectivity index (χ2v) is 4.55. The fourth-order valence-electron chi connectivity index (χ4n) is 1.58. The zero-order valence-corrected chi connectivity index (χ0v) is 10.6. The van der Waals surface area contributed by atoms with Crippen LogP contribution in [-0.2, 0) is 0 Å². The Morgan fingerprint density at radius 1 is 1.00 bits per heavy atom. The van der Waals surface area contributed by atoms with Gasteiger partial charge in [-0.15, -0.1) is 0 Å². The highest BCUT2D eigenvalue weighted by atomic mass is 127. The van der Waals surface area contributed by atoms with Crippen molar-refractivity contribution in [2.45, 2.75) is 0 Å². The molecule has 2 N–H and O–H groups in total. The summed E-state index contributed by atoms with van der Waals surface area (Å²) in [6.45, 7) is 0. The molecule has 0 aliphatic carbocycles. The van der Waals surface area contributed by atoms with Crippen LogP contribution in [0.1, 0.15) is 20.7 Å². The van der Waals surface area contributed by atoms with Gasteiger partial charge in [0.05, 0.1) is 11.1 Å². The van der Waals surface area contributed by atoms with E-state index in [2.05, 4.69) is 0 Å². The molecule has 4 nitrogen and oxygen atoms in total. The van der Waals surface area contributed by atoms with E-state index in [0.29, 0.717) is 8.96 Å². The first-order chi connectivity index (χ1) is 8.00. The summed E-state index contributed by atoms with van der Waals surface area (Å²) in [5.74, 6) is -2.04. The van der Waals surface area contributed by atoms with Crippen molar-refractivity contribution in [3.8, 4) is 0 Å². The predicted octanol–water partition coefficient (Wildman–Crippen LogP) is 2.84. The Morgan fingerprint density at radius 2 is 1.65 bits per heavy atom. The number of fused-ring (bicyclic) bond motifs is 1. The number of carboxylic acid groups (broad SMARTS) is 2. The van der Waals surface area contributed by atoms with E-state index in [1.807, 2.05) is 22.6 Å². The molecule has 0 radical (unpaired) electrons. The fourth-order valence-corrected chi connectivity index (χ4v) is 2.46. The van der Waals surface area contributed by atoms with Gasteiger partial charge in [0.25, 0.3) is 0 Å². The topological polar surface area (TPSA) is 74.6 Å². The number of benzene rings is 2. The van der Waals surface area contributed by atoms with Gasteiger partial charge in [-0.05, 0) is 51.6 Å². The number of carboxylic acids is 2. The maximum Gasteiger partial charge on any atom is 0.336 e. The summed E-state index contributed by atoms with van der Waals surface area (Å²) in [4.78, 5) is 21.8. The van der Waals surface area contributed by atoms with Gasteiger partial charge in [0, 0.05) is 3.57 Å². The Bertz CT molecular complexity index is 628. The molecular weight excluding hydrogens is 335 g/mol. The number of aromatic carboxylic acids is 2. The van der Waals surface area contributed by atoms with Crippen LogP contribution in [0.25, 0.3) is 10.8 Å². The van der Waals surface area contributed by atoms with E-state index in [9.17, 15) is 9.59 Å². The molecule has 2 aromatic carbocycles. The molecule has 86 valence electrons. The predicted molar refractivity (Wildman–Crippen MR) is 70.6 cm³/mol. The quantitative estimate of drug-likeness (QED) is 0.823. The van der Waals surface area contributed by atoms with E-state index in [-0.39, 0.29) is 11.1 Å². The molecule has 0 heterocycles. The third-order valence-electron chi connectivity index (χ3n) is 2.43. The second-order valence-electron chi connectivity index (χ2n) is 3.47. The summed E-state index contributed by atoms with van der Waals surface area (Å²) in [7, 11) is 0. The Balaban J connectivity index is 2.78. The summed E-state index contributed by atoms with van der Waals surface area (Å²) < 4.78 is 0.552. The van der Waals surface area contributed by atoms with Crippen molar-refractivity contribution in [3.05, 3.63) is 45.0 Å². The summed E-state index contributed by atoms with van der Waals surface area (Å²) in [5, 5.41) is 19.3. The van der Waals surface area contributed by atoms with Crippen LogP contribution in [0.2, 0.25) is 0 Å². The monoisotopic (exact) mass is 342 g/mol. The van der Waals surface area contributed by atoms with Crippen molar-refractivity contribution in [2.75, 3.05) is 0 Å². The highest BCUT2D eigenvalue weighted by molar-refractivity contribution is 14.1. The Morgan fingerprint density at radius 3 is 2.24 bits per heavy atom. The van der Waals surface area contributed by atoms with Gasteiger partial charge >= 0.3 is 11.9 Å². The van der Waals surface area contributed by atoms with Crippen LogP contribution in [0.4, 0.5) is 0 Å². The van der Waals surface area contributed by atoms with Gasteiger partial charge in [0.1, 0.15) is 0 Å². The van der Waals surface area contributed by atoms with Crippen LogP contribution in [0.5, 0.6) is 0 Å². The molecule has 0 aliphatic rings. The highest BCUT2D eigenvalue weighted by Gasteiger charge is 2.12. The van der Waals surface area contributed by atoms with Crippen molar-refractivity contribution < 1.29 is 19.8 Å². The summed E-state index contributed by atoms with van der Waals surface area (Å²) >= 11 is 1.92. The van der Waals surface area contributed by atoms with Gasteiger partial charge in [0.15, 0.2) is 0 Å². The summed E-state index contributed by atoms with van der Waals surface area (Å²) in [6.07, 6.45) is 0. The van der Waals surface area contributed by atoms with Crippen LogP contribution >= 0.6 is 22.6 Å². The number of rotatable bonds is 2. The maximum absolute atomic E-state index is 11.0. The third-order valence-corrected chi connectivity index (χ3v) is 3.60. The number of hydrogen-bond donors (Lipinski definition) is 2. The van der Waals surface area contributed by atoms with Crippen LogP contribution < -0.4 is 0 Å². The molecule has 2 rings (SSSR count). The van der Waals surface area contributed by atoms with Gasteiger partial charge in [-0.3, -0.25) is 0 Å². The molecule has 0 bridgehead atoms. The molecule has 0 aliphatic heterocycles. The maximum atomic E-state index is 11.0. The Labute approximate surface area is 110 Å². The van der Waals surface area contributed by atoms with E-state index in [1.54, 1.807) is 12.1 Å². The molecule has 0 fully saturated rings. The molecule has 0 aromatic heterocycles. The minimum absolute atomic E-state index is 0.151. The lowest BCUT2D eigenvalue weighted by molar-refractivity contribution is 0.0686. The summed E-state index contributed by atoms with van der Waals surface area (Å²) in [6, 6.07) is 7.86. The minimum atomic E-state index is -1.02. The van der Waals surface area contributed by atoms with Gasteiger partial charge in [-0.1, -0.05) is 12.1 Å². The number of halogens is 1. The fraction of sp³-hybridized carbons (Fsp3) is 0. The molecule has 0 saturated heterocycles. The van der Waals surface area contributed by atoms with Crippen LogP contribution in [-0.4, -0.2) is 22.2 Å². The van der Waals surface area contributed by atoms with Crippen LogP contribution in [0, 0.1) is 3.57 Å². The van der Waals surface area contributed by atoms with Crippen LogP contribution in [0.3, 0.4) is 0 Å². The highest BCUT2D eigenvalue weighted by Crippen LogP contribution is 2.25. The van der Waals surface area contributed by atoms with E-state index in [4.69, 9.17) is 10.2 Å². The lowest BCUT2D eigenvalue weighted by Crippen LogP contribution is -2.01. The molecular formula is C12H7IO4. The molecule has 2 aromatic rings. The lowest BCUT2D eigenvalue weighted by atomic mass is 10.0. The zero-order chi connectivity index (χ0) is 12.6. The molecule has 0 unspecified atom stereocenters. The molecule has 0 saturated carbocycles. The number of carbonyl (C=O) groups is 2. The van der Waals surface area contributed by atoms with Gasteiger partial charge in [-0.25, -0.2) is 9.59 Å². The van der Waals surface area contributed by atoms with Crippen LogP contribution in [0.15, 0.2) is 30.3 Å². The normalized spacial score (nSPS) is 10.4. The van der Waals surface area contributed by atoms with E-state index < -0.39 is 11.9 Å². The van der Waals surface area contributed by atoms with Crippen molar-refractivity contribution in [3.63, 3.8) is 0 Å². The van der Waals surface area contributed by atoms with Gasteiger partial charge in [-0.2, -0.15) is 0 Å². The first-order valence-corrected chi connectivity index (χ1v) is 5.77. The molecule has 0 amide bonds. The Kier molecular flexibility index (Phi) is 3.01. The zero-order valence-electron chi connectivity index (χ0n) is 8.48. The van der Waals surface area contributed by atoms with Crippen molar-refractivity contribution in [2.24, 2.45) is 0 Å². The molecule has 17 heavy (non-hydrogen) atoms. The molecule has 0 spiro atoms. The second kappa shape index (κ2) is 4.33. The first kappa shape index (κ1) is 11.8. The lowest BCUT2D eigenvalue weighted by Gasteiger charge is -2.05. The largest absolute Gasteiger partial charge is 0.478 e. The van der Waals surface area contributed by atoms with E-state index >= 15 is 0 Å². The smallest absolute Gasteiger partial charge is 0.336 e. The average Bonchev–Trinajstić information content (AvgIpc) is 2.28. The summed E-state index contributed by atoms with van der Waals surface area (Å²) in [5.41, 5.74) is 0.332.